The van der Waals surface area contributed by atoms with Gasteiger partial charge in [-0.05, 0) is 30.3 Å². The van der Waals surface area contributed by atoms with Gasteiger partial charge >= 0.3 is 0 Å². The Morgan fingerprint density at radius 2 is 1.82 bits per heavy atom. The Labute approximate surface area is 167 Å². The molecule has 150 valence electrons. The minimum Gasteiger partial charge on any atom is -0.495 e. The molecule has 1 amide bonds. The minimum absolute atomic E-state index is 0.0173. The van der Waals surface area contributed by atoms with Crippen molar-refractivity contribution in [1.29, 1.82) is 0 Å². The van der Waals surface area contributed by atoms with E-state index in [1.165, 1.54) is 0 Å². The number of benzene rings is 2. The minimum atomic E-state index is -0.0173. The second-order valence-corrected chi connectivity index (χ2v) is 7.20. The number of nitrogens with zero attached hydrogens (tertiary/aromatic N) is 3. The van der Waals surface area contributed by atoms with Crippen molar-refractivity contribution in [2.75, 3.05) is 70.3 Å². The Hall–Kier alpha value is -2.73. The summed E-state index contributed by atoms with van der Waals surface area (Å²) in [6.07, 6.45) is 0. The Morgan fingerprint density at radius 3 is 2.54 bits per heavy atom. The summed E-state index contributed by atoms with van der Waals surface area (Å²) in [5, 5.41) is 3.04. The molecule has 0 aromatic heterocycles. The zero-order chi connectivity index (χ0) is 19.9. The lowest BCUT2D eigenvalue weighted by molar-refractivity contribution is 0.0948. The number of nitrogens with one attached hydrogen (secondary N) is 1. The molecule has 0 spiro atoms. The van der Waals surface area contributed by atoms with Crippen LogP contribution in [-0.2, 0) is 0 Å². The van der Waals surface area contributed by atoms with E-state index in [1.54, 1.807) is 7.11 Å². The third kappa shape index (κ3) is 4.95. The number of amides is 1. The molecular formula is C22H30N4O2. The van der Waals surface area contributed by atoms with E-state index in [-0.39, 0.29) is 5.91 Å². The third-order valence-electron chi connectivity index (χ3n) is 5.14. The molecule has 0 saturated carbocycles. The fourth-order valence-corrected chi connectivity index (χ4v) is 3.46. The fourth-order valence-electron chi connectivity index (χ4n) is 3.46. The monoisotopic (exact) mass is 382 g/mol. The van der Waals surface area contributed by atoms with Crippen LogP contribution in [0.15, 0.2) is 48.5 Å². The number of carbonyl (C=O) groups is 1. The lowest BCUT2D eigenvalue weighted by Crippen LogP contribution is -2.48. The number of anilines is 2. The quantitative estimate of drug-likeness (QED) is 0.796. The van der Waals surface area contributed by atoms with Crippen molar-refractivity contribution < 1.29 is 9.53 Å². The van der Waals surface area contributed by atoms with Gasteiger partial charge in [-0.3, -0.25) is 9.69 Å². The maximum atomic E-state index is 12.4. The van der Waals surface area contributed by atoms with Gasteiger partial charge in [0, 0.05) is 64.6 Å². The predicted molar refractivity (Wildman–Crippen MR) is 115 cm³/mol. The standard InChI is InChI=1S/C22H30N4O2/c1-24(2)19-8-6-7-18(17-19)22(27)23-11-12-25-13-15-26(16-14-25)20-9-4-5-10-21(20)28-3/h4-10,17H,11-16H2,1-3H3,(H,23,27). The first-order chi connectivity index (χ1) is 13.6. The smallest absolute Gasteiger partial charge is 0.251 e. The van der Waals surface area contributed by atoms with Crippen LogP contribution in [0.5, 0.6) is 5.75 Å². The van der Waals surface area contributed by atoms with Crippen molar-refractivity contribution in [2.24, 2.45) is 0 Å². The molecule has 0 aliphatic carbocycles. The fraction of sp³-hybridized carbons (Fsp3) is 0.409. The lowest BCUT2D eigenvalue weighted by atomic mass is 10.2. The first kappa shape index (κ1) is 20.0. The molecule has 3 rings (SSSR count). The summed E-state index contributed by atoms with van der Waals surface area (Å²) in [5.41, 5.74) is 2.88. The molecule has 0 unspecified atom stereocenters. The Kier molecular flexibility index (Phi) is 6.76. The predicted octanol–water partition coefficient (Wildman–Crippen LogP) is 2.31. The maximum Gasteiger partial charge on any atom is 0.251 e. The van der Waals surface area contributed by atoms with Crippen LogP contribution in [0.1, 0.15) is 10.4 Å². The third-order valence-corrected chi connectivity index (χ3v) is 5.14. The van der Waals surface area contributed by atoms with Crippen LogP contribution >= 0.6 is 0 Å². The summed E-state index contributed by atoms with van der Waals surface area (Å²) in [6, 6.07) is 15.8. The molecule has 6 heteroatoms. The number of hydrogen-bond donors (Lipinski definition) is 1. The van der Waals surface area contributed by atoms with Gasteiger partial charge in [0.15, 0.2) is 0 Å². The zero-order valence-corrected chi connectivity index (χ0v) is 17.0. The molecule has 6 nitrogen and oxygen atoms in total. The van der Waals surface area contributed by atoms with Gasteiger partial charge < -0.3 is 19.9 Å². The molecule has 0 bridgehead atoms. The summed E-state index contributed by atoms with van der Waals surface area (Å²) in [7, 11) is 5.66. The van der Waals surface area contributed by atoms with Crippen molar-refractivity contribution in [3.63, 3.8) is 0 Å². The van der Waals surface area contributed by atoms with Gasteiger partial charge in [-0.15, -0.1) is 0 Å². The summed E-state index contributed by atoms with van der Waals surface area (Å²) in [5.74, 6) is 0.902. The van der Waals surface area contributed by atoms with Gasteiger partial charge in [-0.1, -0.05) is 18.2 Å². The summed E-state index contributed by atoms with van der Waals surface area (Å²) < 4.78 is 5.48. The summed E-state index contributed by atoms with van der Waals surface area (Å²) in [4.78, 5) is 19.1. The van der Waals surface area contributed by atoms with E-state index in [1.807, 2.05) is 61.5 Å². The SMILES string of the molecule is COc1ccccc1N1CCN(CCNC(=O)c2cccc(N(C)C)c2)CC1. The van der Waals surface area contributed by atoms with Gasteiger partial charge in [0.25, 0.3) is 5.91 Å². The molecule has 1 aliphatic rings. The largest absolute Gasteiger partial charge is 0.495 e. The number of hydrogen-bond acceptors (Lipinski definition) is 5. The number of carbonyl (C=O) groups excluding carboxylic acids is 1. The highest BCUT2D eigenvalue weighted by atomic mass is 16.5. The van der Waals surface area contributed by atoms with Crippen LogP contribution in [0.2, 0.25) is 0 Å². The van der Waals surface area contributed by atoms with Crippen LogP contribution in [-0.4, -0.2) is 71.3 Å². The highest BCUT2D eigenvalue weighted by molar-refractivity contribution is 5.95. The molecule has 1 heterocycles. The van der Waals surface area contributed by atoms with Crippen LogP contribution in [0.4, 0.5) is 11.4 Å². The Morgan fingerprint density at radius 1 is 1.07 bits per heavy atom. The van der Waals surface area contributed by atoms with E-state index in [9.17, 15) is 4.79 Å². The second-order valence-electron chi connectivity index (χ2n) is 7.20. The molecule has 2 aromatic rings. The van der Waals surface area contributed by atoms with Gasteiger partial charge in [0.05, 0.1) is 12.8 Å². The van der Waals surface area contributed by atoms with Crippen LogP contribution in [0.25, 0.3) is 0 Å². The molecule has 0 radical (unpaired) electrons. The van der Waals surface area contributed by atoms with Crippen molar-refractivity contribution in [3.05, 3.63) is 54.1 Å². The van der Waals surface area contributed by atoms with E-state index in [0.29, 0.717) is 12.1 Å². The highest BCUT2D eigenvalue weighted by Crippen LogP contribution is 2.28. The molecule has 1 saturated heterocycles. The first-order valence-electron chi connectivity index (χ1n) is 9.74. The number of methoxy groups -OCH3 is 1. The van der Waals surface area contributed by atoms with Crippen molar-refractivity contribution in [1.82, 2.24) is 10.2 Å². The zero-order valence-electron chi connectivity index (χ0n) is 17.0. The Bertz CT molecular complexity index is 786. The van der Waals surface area contributed by atoms with E-state index in [4.69, 9.17) is 4.74 Å². The van der Waals surface area contributed by atoms with E-state index in [0.717, 1.165) is 49.8 Å². The highest BCUT2D eigenvalue weighted by Gasteiger charge is 2.19. The van der Waals surface area contributed by atoms with Gasteiger partial charge in [0.2, 0.25) is 0 Å². The maximum absolute atomic E-state index is 12.4. The second kappa shape index (κ2) is 9.46. The lowest BCUT2D eigenvalue weighted by Gasteiger charge is -2.36. The number of rotatable bonds is 7. The first-order valence-corrected chi connectivity index (χ1v) is 9.74. The van der Waals surface area contributed by atoms with Crippen LogP contribution < -0.4 is 19.9 Å². The van der Waals surface area contributed by atoms with E-state index in [2.05, 4.69) is 21.2 Å². The molecule has 28 heavy (non-hydrogen) atoms. The molecular weight excluding hydrogens is 352 g/mol. The van der Waals surface area contributed by atoms with Gasteiger partial charge in [0.1, 0.15) is 5.75 Å². The number of ether oxygens (including phenoxy) is 1. The number of piperazine rings is 1. The summed E-state index contributed by atoms with van der Waals surface area (Å²) in [6.45, 7) is 5.38. The van der Waals surface area contributed by atoms with Gasteiger partial charge in [-0.2, -0.15) is 0 Å². The average molecular weight is 383 g/mol. The summed E-state index contributed by atoms with van der Waals surface area (Å²) >= 11 is 0. The average Bonchev–Trinajstić information content (AvgIpc) is 2.74. The topological polar surface area (TPSA) is 48.1 Å². The van der Waals surface area contributed by atoms with E-state index >= 15 is 0 Å². The van der Waals surface area contributed by atoms with Crippen molar-refractivity contribution in [3.8, 4) is 5.75 Å². The molecule has 2 aromatic carbocycles. The van der Waals surface area contributed by atoms with E-state index < -0.39 is 0 Å². The molecule has 1 fully saturated rings. The van der Waals surface area contributed by atoms with Crippen LogP contribution in [0, 0.1) is 0 Å². The Balaban J connectivity index is 1.44. The van der Waals surface area contributed by atoms with Crippen molar-refractivity contribution in [2.45, 2.75) is 0 Å². The molecule has 0 atom stereocenters. The van der Waals surface area contributed by atoms with Crippen molar-refractivity contribution >= 4 is 17.3 Å². The van der Waals surface area contributed by atoms with Gasteiger partial charge in [-0.25, -0.2) is 0 Å². The molecule has 1 N–H and O–H groups in total. The molecule has 1 aliphatic heterocycles. The number of para-hydroxylation sites is 2. The van der Waals surface area contributed by atoms with Crippen LogP contribution in [0.3, 0.4) is 0 Å². The normalized spacial score (nSPS) is 14.6.